The molecular weight excluding hydrogens is 428 g/mol. The number of rotatable bonds is 7. The van der Waals surface area contributed by atoms with Crippen molar-refractivity contribution in [2.45, 2.75) is 68.8 Å². The van der Waals surface area contributed by atoms with Crippen LogP contribution in [0.15, 0.2) is 53.4 Å². The van der Waals surface area contributed by atoms with E-state index in [4.69, 9.17) is 11.6 Å². The summed E-state index contributed by atoms with van der Waals surface area (Å²) in [4.78, 5) is 2.90. The third-order valence-corrected chi connectivity index (χ3v) is 8.74. The molecule has 1 aliphatic heterocycles. The van der Waals surface area contributed by atoms with Gasteiger partial charge in [0.25, 0.3) is 0 Å². The summed E-state index contributed by atoms with van der Waals surface area (Å²) in [5, 5.41) is 0.787. The van der Waals surface area contributed by atoms with Gasteiger partial charge in [-0.1, -0.05) is 49.2 Å². The highest BCUT2D eigenvalue weighted by Gasteiger charge is 2.36. The van der Waals surface area contributed by atoms with Crippen molar-refractivity contribution in [3.05, 3.63) is 64.7 Å². The van der Waals surface area contributed by atoms with Crippen molar-refractivity contribution in [3.8, 4) is 0 Å². The Morgan fingerprint density at radius 1 is 0.935 bits per heavy atom. The summed E-state index contributed by atoms with van der Waals surface area (Å²) in [7, 11) is -3.48. The van der Waals surface area contributed by atoms with Crippen LogP contribution in [0.25, 0.3) is 0 Å². The third-order valence-electron chi connectivity index (χ3n) is 6.98. The first kappa shape index (κ1) is 22.8. The highest BCUT2D eigenvalue weighted by atomic mass is 35.5. The zero-order chi connectivity index (χ0) is 21.8. The Hall–Kier alpha value is -1.40. The van der Waals surface area contributed by atoms with Gasteiger partial charge in [0.15, 0.2) is 0 Å². The van der Waals surface area contributed by atoms with Crippen molar-refractivity contribution in [2.75, 3.05) is 13.1 Å². The van der Waals surface area contributed by atoms with Crippen molar-refractivity contribution < 1.29 is 8.42 Å². The molecule has 0 bridgehead atoms. The van der Waals surface area contributed by atoms with Gasteiger partial charge in [-0.25, -0.2) is 13.1 Å². The van der Waals surface area contributed by atoms with Gasteiger partial charge in [0.1, 0.15) is 0 Å². The molecule has 1 heterocycles. The molecule has 0 spiro atoms. The van der Waals surface area contributed by atoms with Crippen LogP contribution in [0.3, 0.4) is 0 Å². The standard InChI is InChI=1S/C25H33ClN2O2S/c1-2-19-8-12-23(13-9-19)31(29,30)27-24-4-3-5-25(24)28-16-14-21(15-17-28)18-20-6-10-22(26)11-7-20/h6-13,21,24-25,27H,2-5,14-18H2,1H3. The summed E-state index contributed by atoms with van der Waals surface area (Å²) < 4.78 is 28.9. The van der Waals surface area contributed by atoms with Gasteiger partial charge >= 0.3 is 0 Å². The predicted octanol–water partition coefficient (Wildman–Crippen LogP) is 5.06. The quantitative estimate of drug-likeness (QED) is 0.628. The van der Waals surface area contributed by atoms with Crippen molar-refractivity contribution in [1.82, 2.24) is 9.62 Å². The van der Waals surface area contributed by atoms with E-state index in [1.165, 1.54) is 5.56 Å². The summed E-state index contributed by atoms with van der Waals surface area (Å²) in [6.45, 7) is 4.17. The lowest BCUT2D eigenvalue weighted by molar-refractivity contribution is 0.122. The molecule has 0 aromatic heterocycles. The molecule has 4 rings (SSSR count). The SMILES string of the molecule is CCc1ccc(S(=O)(=O)NC2CCCC2N2CCC(Cc3ccc(Cl)cc3)CC2)cc1. The van der Waals surface area contributed by atoms with Crippen molar-refractivity contribution in [2.24, 2.45) is 5.92 Å². The lowest BCUT2D eigenvalue weighted by atomic mass is 9.89. The highest BCUT2D eigenvalue weighted by Crippen LogP contribution is 2.30. The van der Waals surface area contributed by atoms with Crippen molar-refractivity contribution in [3.63, 3.8) is 0 Å². The molecular formula is C25H33ClN2O2S. The molecule has 31 heavy (non-hydrogen) atoms. The molecule has 0 radical (unpaired) electrons. The largest absolute Gasteiger partial charge is 0.299 e. The Bertz CT molecular complexity index is 952. The van der Waals surface area contributed by atoms with E-state index in [1.807, 2.05) is 24.3 Å². The molecule has 2 fully saturated rings. The van der Waals surface area contributed by atoms with E-state index in [0.717, 1.165) is 68.6 Å². The fourth-order valence-electron chi connectivity index (χ4n) is 5.13. The second-order valence-electron chi connectivity index (χ2n) is 9.03. The minimum Gasteiger partial charge on any atom is -0.299 e. The zero-order valence-corrected chi connectivity index (χ0v) is 19.8. The van der Waals surface area contributed by atoms with Crippen LogP contribution in [0.2, 0.25) is 5.02 Å². The number of hydrogen-bond donors (Lipinski definition) is 1. The van der Waals surface area contributed by atoms with Crippen LogP contribution in [0, 0.1) is 5.92 Å². The molecule has 1 saturated heterocycles. The lowest BCUT2D eigenvalue weighted by Crippen LogP contribution is -2.51. The number of piperidine rings is 1. The molecule has 1 N–H and O–H groups in total. The van der Waals surface area contributed by atoms with E-state index in [1.54, 1.807) is 12.1 Å². The molecule has 1 aliphatic carbocycles. The van der Waals surface area contributed by atoms with Gasteiger partial charge in [0.05, 0.1) is 4.90 Å². The Morgan fingerprint density at radius 3 is 2.23 bits per heavy atom. The summed E-state index contributed by atoms with van der Waals surface area (Å²) >= 11 is 6.00. The van der Waals surface area contributed by atoms with Crippen LogP contribution >= 0.6 is 11.6 Å². The summed E-state index contributed by atoms with van der Waals surface area (Å²) in [5.41, 5.74) is 2.50. The van der Waals surface area contributed by atoms with Gasteiger partial charge in [-0.3, -0.25) is 4.90 Å². The number of aryl methyl sites for hydroxylation is 1. The van der Waals surface area contributed by atoms with E-state index >= 15 is 0 Å². The van der Waals surface area contributed by atoms with E-state index < -0.39 is 10.0 Å². The zero-order valence-electron chi connectivity index (χ0n) is 18.3. The van der Waals surface area contributed by atoms with Gasteiger partial charge in [0.2, 0.25) is 10.0 Å². The monoisotopic (exact) mass is 460 g/mol. The fourth-order valence-corrected chi connectivity index (χ4v) is 6.56. The maximum Gasteiger partial charge on any atom is 0.240 e. The van der Waals surface area contributed by atoms with Gasteiger partial charge in [-0.05, 0) is 92.9 Å². The molecule has 0 amide bonds. The maximum absolute atomic E-state index is 13.0. The lowest BCUT2D eigenvalue weighted by Gasteiger charge is -2.38. The van der Waals surface area contributed by atoms with Crippen LogP contribution in [0.1, 0.15) is 50.2 Å². The van der Waals surface area contributed by atoms with Crippen molar-refractivity contribution in [1.29, 1.82) is 0 Å². The second-order valence-corrected chi connectivity index (χ2v) is 11.2. The van der Waals surface area contributed by atoms with E-state index in [0.29, 0.717) is 16.9 Å². The van der Waals surface area contributed by atoms with E-state index in [2.05, 4.69) is 28.7 Å². The molecule has 2 unspecified atom stereocenters. The predicted molar refractivity (Wildman–Crippen MR) is 127 cm³/mol. The Labute approximate surface area is 192 Å². The Balaban J connectivity index is 1.33. The summed E-state index contributed by atoms with van der Waals surface area (Å²) in [6, 6.07) is 15.8. The van der Waals surface area contributed by atoms with Crippen molar-refractivity contribution >= 4 is 21.6 Å². The normalized spacial score (nSPS) is 23.3. The fraction of sp³-hybridized carbons (Fsp3) is 0.520. The summed E-state index contributed by atoms with van der Waals surface area (Å²) in [5.74, 6) is 0.686. The first-order valence-electron chi connectivity index (χ1n) is 11.5. The Kier molecular flexibility index (Phi) is 7.37. The van der Waals surface area contributed by atoms with Crippen LogP contribution in [0.5, 0.6) is 0 Å². The third kappa shape index (κ3) is 5.70. The van der Waals surface area contributed by atoms with E-state index in [-0.39, 0.29) is 6.04 Å². The number of hydrogen-bond acceptors (Lipinski definition) is 3. The van der Waals surface area contributed by atoms with Crippen LogP contribution in [0.4, 0.5) is 0 Å². The second kappa shape index (κ2) is 10.0. The smallest absolute Gasteiger partial charge is 0.240 e. The van der Waals surface area contributed by atoms with Crippen LogP contribution in [-0.2, 0) is 22.9 Å². The van der Waals surface area contributed by atoms with Crippen LogP contribution < -0.4 is 4.72 Å². The first-order chi connectivity index (χ1) is 14.9. The summed E-state index contributed by atoms with van der Waals surface area (Å²) in [6.07, 6.45) is 7.41. The van der Waals surface area contributed by atoms with Gasteiger partial charge in [-0.2, -0.15) is 0 Å². The molecule has 6 heteroatoms. The number of benzene rings is 2. The molecule has 4 nitrogen and oxygen atoms in total. The molecule has 168 valence electrons. The topological polar surface area (TPSA) is 49.4 Å². The number of nitrogens with zero attached hydrogens (tertiary/aromatic N) is 1. The molecule has 1 saturated carbocycles. The van der Waals surface area contributed by atoms with Crippen LogP contribution in [-0.4, -0.2) is 38.5 Å². The molecule has 2 aliphatic rings. The van der Waals surface area contributed by atoms with Gasteiger partial charge < -0.3 is 0 Å². The molecule has 2 aromatic rings. The number of halogens is 1. The number of sulfonamides is 1. The maximum atomic E-state index is 13.0. The average Bonchev–Trinajstić information content (AvgIpc) is 3.23. The minimum absolute atomic E-state index is 0.00340. The van der Waals surface area contributed by atoms with Gasteiger partial charge in [-0.15, -0.1) is 0 Å². The van der Waals surface area contributed by atoms with Gasteiger partial charge in [0, 0.05) is 17.1 Å². The molecule has 2 atom stereocenters. The number of likely N-dealkylation sites (tertiary alicyclic amines) is 1. The Morgan fingerprint density at radius 2 is 1.58 bits per heavy atom. The molecule has 2 aromatic carbocycles. The number of nitrogens with one attached hydrogen (secondary N) is 1. The first-order valence-corrected chi connectivity index (χ1v) is 13.4. The highest BCUT2D eigenvalue weighted by molar-refractivity contribution is 7.89. The average molecular weight is 461 g/mol. The minimum atomic E-state index is -3.48. The van der Waals surface area contributed by atoms with E-state index in [9.17, 15) is 8.42 Å².